The van der Waals surface area contributed by atoms with Gasteiger partial charge in [-0.25, -0.2) is 4.39 Å². The highest BCUT2D eigenvalue weighted by atomic mass is 19.4. The summed E-state index contributed by atoms with van der Waals surface area (Å²) in [5.74, 6) is -1.91. The molecule has 1 aliphatic carbocycles. The molecule has 0 aliphatic heterocycles. The zero-order valence-electron chi connectivity index (χ0n) is 22.3. The Bertz CT molecular complexity index is 1610. The van der Waals surface area contributed by atoms with Crippen molar-refractivity contribution in [2.45, 2.75) is 51.1 Å². The fourth-order valence-corrected chi connectivity index (χ4v) is 5.67. The number of nitrogens with one attached hydrogen (secondary N) is 1. The predicted octanol–water partition coefficient (Wildman–Crippen LogP) is 8.37. The number of fused-ring (bicyclic) bond motifs is 1. The minimum atomic E-state index is -4.84. The van der Waals surface area contributed by atoms with Crippen LogP contribution in [-0.4, -0.2) is 22.0 Å². The first-order chi connectivity index (χ1) is 19.5. The van der Waals surface area contributed by atoms with E-state index in [0.717, 1.165) is 48.9 Å². The maximum absolute atomic E-state index is 13.5. The second-order valence-electron chi connectivity index (χ2n) is 10.6. The van der Waals surface area contributed by atoms with Crippen molar-refractivity contribution in [3.8, 4) is 11.1 Å². The molecule has 9 heteroatoms. The van der Waals surface area contributed by atoms with Gasteiger partial charge in [-0.2, -0.15) is 13.2 Å². The molecule has 0 atom stereocenters. The molecule has 0 bridgehead atoms. The molecule has 1 saturated carbocycles. The maximum atomic E-state index is 13.5. The molecule has 1 aliphatic rings. The molecule has 41 heavy (non-hydrogen) atoms. The third kappa shape index (κ3) is 6.39. The first kappa shape index (κ1) is 28.3. The van der Waals surface area contributed by atoms with Crippen LogP contribution < -0.4 is 5.32 Å². The number of carbonyl (C=O) groups is 2. The van der Waals surface area contributed by atoms with Crippen LogP contribution in [0.5, 0.6) is 0 Å². The average Bonchev–Trinajstić information content (AvgIpc) is 2.93. The zero-order valence-corrected chi connectivity index (χ0v) is 22.3. The van der Waals surface area contributed by atoms with Gasteiger partial charge >= 0.3 is 12.1 Å². The molecule has 5 nitrogen and oxygen atoms in total. The number of benzene rings is 3. The van der Waals surface area contributed by atoms with E-state index in [-0.39, 0.29) is 17.9 Å². The highest BCUT2D eigenvalue weighted by molar-refractivity contribution is 6.13. The lowest BCUT2D eigenvalue weighted by atomic mass is 9.77. The molecule has 2 N–H and O–H groups in total. The maximum Gasteiger partial charge on any atom is 0.418 e. The summed E-state index contributed by atoms with van der Waals surface area (Å²) in [6.45, 7) is 1.70. The third-order valence-electron chi connectivity index (χ3n) is 7.74. The van der Waals surface area contributed by atoms with Crippen LogP contribution in [0.4, 0.5) is 23.2 Å². The summed E-state index contributed by atoms with van der Waals surface area (Å²) >= 11 is 0. The minimum absolute atomic E-state index is 0.158. The summed E-state index contributed by atoms with van der Waals surface area (Å²) in [5.41, 5.74) is 2.44. The number of carbonyl (C=O) groups excluding carboxylic acids is 1. The Morgan fingerprint density at radius 1 is 0.927 bits per heavy atom. The predicted molar refractivity (Wildman–Crippen MR) is 148 cm³/mol. The van der Waals surface area contributed by atoms with Crippen molar-refractivity contribution in [3.05, 3.63) is 94.9 Å². The van der Waals surface area contributed by atoms with Gasteiger partial charge in [0, 0.05) is 17.5 Å². The van der Waals surface area contributed by atoms with E-state index in [2.05, 4.69) is 22.4 Å². The minimum Gasteiger partial charge on any atom is -0.481 e. The lowest BCUT2D eigenvalue weighted by Crippen LogP contribution is -2.17. The second-order valence-corrected chi connectivity index (χ2v) is 10.6. The Hall–Kier alpha value is -4.27. The fraction of sp³-hybridized carbons (Fsp3) is 0.281. The molecule has 4 aromatic rings. The van der Waals surface area contributed by atoms with Crippen molar-refractivity contribution in [1.29, 1.82) is 0 Å². The Morgan fingerprint density at radius 3 is 2.27 bits per heavy atom. The van der Waals surface area contributed by atoms with Gasteiger partial charge in [0.25, 0.3) is 5.91 Å². The van der Waals surface area contributed by atoms with Gasteiger partial charge in [-0.3, -0.25) is 14.6 Å². The van der Waals surface area contributed by atoms with E-state index in [1.54, 1.807) is 13.0 Å². The standard InChI is InChI=1S/C32H28F4N2O3/c1-18-14-26(31(41)38-28-13-11-24(33)17-27(28)32(34,35)36)25-12-10-23(16-29(25)37-18)22-8-6-21(7-9-22)20-4-2-19(3-5-20)15-30(39)40/h6-14,16-17,19-20H,2-5,15H2,1H3,(H,38,41)(H,39,40). The van der Waals surface area contributed by atoms with Crippen LogP contribution in [0, 0.1) is 18.7 Å². The Kier molecular flexibility index (Phi) is 7.80. The van der Waals surface area contributed by atoms with Crippen LogP contribution in [0.3, 0.4) is 0 Å². The molecular weight excluding hydrogens is 536 g/mol. The van der Waals surface area contributed by atoms with E-state index >= 15 is 0 Å². The third-order valence-corrected chi connectivity index (χ3v) is 7.74. The van der Waals surface area contributed by atoms with Crippen molar-refractivity contribution in [3.63, 3.8) is 0 Å². The lowest BCUT2D eigenvalue weighted by molar-refractivity contribution is -0.138. The summed E-state index contributed by atoms with van der Waals surface area (Å²) < 4.78 is 53.8. The zero-order chi connectivity index (χ0) is 29.3. The highest BCUT2D eigenvalue weighted by Gasteiger charge is 2.34. The molecule has 0 unspecified atom stereocenters. The van der Waals surface area contributed by atoms with Gasteiger partial charge in [-0.1, -0.05) is 36.4 Å². The van der Waals surface area contributed by atoms with Crippen LogP contribution in [0.2, 0.25) is 0 Å². The van der Waals surface area contributed by atoms with Gasteiger partial charge in [0.2, 0.25) is 0 Å². The molecule has 212 valence electrons. The summed E-state index contributed by atoms with van der Waals surface area (Å²) in [7, 11) is 0. The number of pyridine rings is 1. The quantitative estimate of drug-likeness (QED) is 0.231. The van der Waals surface area contributed by atoms with Gasteiger partial charge < -0.3 is 10.4 Å². The van der Waals surface area contributed by atoms with Crippen LogP contribution >= 0.6 is 0 Å². The van der Waals surface area contributed by atoms with Crippen LogP contribution in [0.1, 0.15) is 65.2 Å². The number of nitrogens with zero attached hydrogens (tertiary/aromatic N) is 1. The summed E-state index contributed by atoms with van der Waals surface area (Å²) in [5, 5.41) is 11.8. The number of carboxylic acids is 1. The number of hydrogen-bond donors (Lipinski definition) is 2. The number of carboxylic acid groups (broad SMARTS) is 1. The van der Waals surface area contributed by atoms with Gasteiger partial charge in [0.15, 0.2) is 0 Å². The van der Waals surface area contributed by atoms with E-state index in [0.29, 0.717) is 28.6 Å². The smallest absolute Gasteiger partial charge is 0.418 e. The molecule has 1 heterocycles. The van der Waals surface area contributed by atoms with Gasteiger partial charge in [0.1, 0.15) is 5.82 Å². The molecule has 3 aromatic carbocycles. The number of halogens is 4. The van der Waals surface area contributed by atoms with Crippen molar-refractivity contribution in [2.75, 3.05) is 5.32 Å². The molecule has 0 saturated heterocycles. The number of amides is 1. The number of aromatic nitrogens is 1. The van der Waals surface area contributed by atoms with Gasteiger partial charge in [-0.15, -0.1) is 0 Å². The summed E-state index contributed by atoms with van der Waals surface area (Å²) in [4.78, 5) is 28.7. The molecule has 0 spiro atoms. The van der Waals surface area contributed by atoms with Crippen molar-refractivity contribution in [1.82, 2.24) is 4.98 Å². The number of rotatable bonds is 6. The number of alkyl halides is 3. The second kappa shape index (κ2) is 11.3. The van der Waals surface area contributed by atoms with E-state index < -0.39 is 35.1 Å². The average molecular weight is 565 g/mol. The Labute approximate surface area is 234 Å². The van der Waals surface area contributed by atoms with E-state index in [4.69, 9.17) is 5.11 Å². The normalized spacial score (nSPS) is 17.4. The van der Waals surface area contributed by atoms with Crippen molar-refractivity contribution in [2.24, 2.45) is 5.92 Å². The molecule has 5 rings (SSSR count). The summed E-state index contributed by atoms with van der Waals surface area (Å²) in [6.07, 6.45) is -0.879. The molecule has 0 radical (unpaired) electrons. The first-order valence-electron chi connectivity index (χ1n) is 13.4. The first-order valence-corrected chi connectivity index (χ1v) is 13.4. The Balaban J connectivity index is 1.37. The van der Waals surface area contributed by atoms with E-state index in [9.17, 15) is 27.2 Å². The van der Waals surface area contributed by atoms with Crippen LogP contribution in [0.15, 0.2) is 66.7 Å². The van der Waals surface area contributed by atoms with Crippen molar-refractivity contribution >= 4 is 28.5 Å². The molecule has 1 amide bonds. The van der Waals surface area contributed by atoms with E-state index in [1.165, 1.54) is 11.6 Å². The largest absolute Gasteiger partial charge is 0.481 e. The number of hydrogen-bond acceptors (Lipinski definition) is 3. The van der Waals surface area contributed by atoms with Gasteiger partial charge in [0.05, 0.1) is 22.3 Å². The highest BCUT2D eigenvalue weighted by Crippen LogP contribution is 2.38. The van der Waals surface area contributed by atoms with Crippen LogP contribution in [-0.2, 0) is 11.0 Å². The number of aliphatic carboxylic acids is 1. The Morgan fingerprint density at radius 2 is 1.61 bits per heavy atom. The van der Waals surface area contributed by atoms with Crippen molar-refractivity contribution < 1.29 is 32.3 Å². The van der Waals surface area contributed by atoms with Gasteiger partial charge in [-0.05, 0) is 91.5 Å². The van der Waals surface area contributed by atoms with E-state index in [1.807, 2.05) is 24.3 Å². The van der Waals surface area contributed by atoms with Crippen LogP contribution in [0.25, 0.3) is 22.0 Å². The molecular formula is C32H28F4N2O3. The SMILES string of the molecule is Cc1cc(C(=O)Nc2ccc(F)cc2C(F)(F)F)c2ccc(-c3ccc(C4CCC(CC(=O)O)CC4)cc3)cc2n1. The summed E-state index contributed by atoms with van der Waals surface area (Å²) in [6, 6.07) is 17.2. The lowest BCUT2D eigenvalue weighted by Gasteiger charge is -2.28. The monoisotopic (exact) mass is 564 g/mol. The number of anilines is 1. The molecule has 1 aromatic heterocycles. The number of aryl methyl sites for hydroxylation is 1. The molecule has 1 fully saturated rings. The fourth-order valence-electron chi connectivity index (χ4n) is 5.67. The topological polar surface area (TPSA) is 79.3 Å².